The molecule has 1 aliphatic heterocycles. The van der Waals surface area contributed by atoms with Crippen molar-refractivity contribution in [1.29, 1.82) is 0 Å². The lowest BCUT2D eigenvalue weighted by molar-refractivity contribution is -0.0135. The Hall–Kier alpha value is -2.24. The molecule has 0 N–H and O–H groups in total. The van der Waals surface area contributed by atoms with Crippen molar-refractivity contribution < 1.29 is 4.74 Å². The van der Waals surface area contributed by atoms with E-state index in [4.69, 9.17) is 9.72 Å². The van der Waals surface area contributed by atoms with Crippen molar-refractivity contribution in [2.75, 3.05) is 13.1 Å². The molecule has 0 saturated carbocycles. The lowest BCUT2D eigenvalue weighted by atomic mass is 10.1. The summed E-state index contributed by atoms with van der Waals surface area (Å²) < 4.78 is 8.20. The molecule has 0 aromatic carbocycles. The summed E-state index contributed by atoms with van der Waals surface area (Å²) in [4.78, 5) is 11.7. The number of rotatable bonds is 5. The number of fused-ring (bicyclic) bond motifs is 1. The minimum Gasteiger partial charge on any atom is -0.371 e. The van der Waals surface area contributed by atoms with Gasteiger partial charge in [0.05, 0.1) is 24.1 Å². The standard InChI is InChI=1S/C20H24N4O/c1-16-6-4-7-17(21-16)15-25-19-8-5-10-23(14-19)12-18-13-24-11-3-2-9-20(24)22-18/h2-4,6-7,9,11,13,19H,5,8,10,12,14-15H2,1H3/t19-/m0/s1. The molecule has 0 amide bonds. The summed E-state index contributed by atoms with van der Waals surface area (Å²) in [5.41, 5.74) is 4.18. The van der Waals surface area contributed by atoms with E-state index < -0.39 is 0 Å². The van der Waals surface area contributed by atoms with Crippen LogP contribution >= 0.6 is 0 Å². The molecule has 0 aliphatic carbocycles. The van der Waals surface area contributed by atoms with E-state index in [1.807, 2.05) is 49.5 Å². The Bertz CT molecular complexity index is 811. The van der Waals surface area contributed by atoms with Crippen molar-refractivity contribution in [2.45, 2.75) is 39.0 Å². The van der Waals surface area contributed by atoms with Gasteiger partial charge in [-0.1, -0.05) is 12.1 Å². The van der Waals surface area contributed by atoms with Crippen LogP contribution in [0.2, 0.25) is 0 Å². The lowest BCUT2D eigenvalue weighted by Gasteiger charge is -2.32. The summed E-state index contributed by atoms with van der Waals surface area (Å²) in [6, 6.07) is 12.2. The maximum atomic E-state index is 6.12. The van der Waals surface area contributed by atoms with Gasteiger partial charge in [0.2, 0.25) is 0 Å². The van der Waals surface area contributed by atoms with E-state index in [-0.39, 0.29) is 6.10 Å². The molecule has 25 heavy (non-hydrogen) atoms. The van der Waals surface area contributed by atoms with Gasteiger partial charge >= 0.3 is 0 Å². The SMILES string of the molecule is Cc1cccc(CO[C@H]2CCCN(Cc3cn4ccccc4n3)C2)n1. The van der Waals surface area contributed by atoms with Crippen molar-refractivity contribution in [2.24, 2.45) is 0 Å². The van der Waals surface area contributed by atoms with Crippen molar-refractivity contribution in [1.82, 2.24) is 19.3 Å². The molecule has 5 nitrogen and oxygen atoms in total. The molecule has 4 rings (SSSR count). The zero-order chi connectivity index (χ0) is 17.1. The number of hydrogen-bond donors (Lipinski definition) is 0. The lowest BCUT2D eigenvalue weighted by Crippen LogP contribution is -2.39. The summed E-state index contributed by atoms with van der Waals surface area (Å²) in [5.74, 6) is 0. The van der Waals surface area contributed by atoms with Crippen LogP contribution in [0.25, 0.3) is 5.65 Å². The molecule has 3 aromatic rings. The van der Waals surface area contributed by atoms with Gasteiger partial charge in [-0.15, -0.1) is 0 Å². The molecular weight excluding hydrogens is 312 g/mol. The van der Waals surface area contributed by atoms with Crippen LogP contribution in [0.4, 0.5) is 0 Å². The fraction of sp³-hybridized carbons (Fsp3) is 0.400. The van der Waals surface area contributed by atoms with Crippen molar-refractivity contribution >= 4 is 5.65 Å². The van der Waals surface area contributed by atoms with Gasteiger partial charge in [-0.2, -0.15) is 0 Å². The van der Waals surface area contributed by atoms with Crippen LogP contribution in [0, 0.1) is 6.92 Å². The molecule has 0 spiro atoms. The fourth-order valence-electron chi connectivity index (χ4n) is 3.47. The first kappa shape index (κ1) is 16.2. The number of hydrogen-bond acceptors (Lipinski definition) is 4. The van der Waals surface area contributed by atoms with E-state index in [9.17, 15) is 0 Å². The average Bonchev–Trinajstić information content (AvgIpc) is 3.02. The Morgan fingerprint density at radius 3 is 2.96 bits per heavy atom. The molecule has 0 unspecified atom stereocenters. The maximum Gasteiger partial charge on any atom is 0.137 e. The molecule has 1 atom stereocenters. The zero-order valence-corrected chi connectivity index (χ0v) is 14.6. The third kappa shape index (κ3) is 4.06. The summed E-state index contributed by atoms with van der Waals surface area (Å²) >= 11 is 0. The third-order valence-electron chi connectivity index (χ3n) is 4.67. The van der Waals surface area contributed by atoms with Crippen molar-refractivity contribution in [3.8, 4) is 0 Å². The van der Waals surface area contributed by atoms with Gasteiger partial charge in [-0.3, -0.25) is 9.88 Å². The highest BCUT2D eigenvalue weighted by molar-refractivity contribution is 5.39. The van der Waals surface area contributed by atoms with E-state index in [1.165, 1.54) is 6.42 Å². The van der Waals surface area contributed by atoms with Gasteiger partial charge in [0.15, 0.2) is 0 Å². The van der Waals surface area contributed by atoms with Gasteiger partial charge in [-0.25, -0.2) is 4.98 Å². The molecule has 0 bridgehead atoms. The van der Waals surface area contributed by atoms with Crippen LogP contribution in [0.15, 0.2) is 48.8 Å². The number of nitrogens with zero attached hydrogens (tertiary/aromatic N) is 4. The number of aryl methyl sites for hydroxylation is 1. The highest BCUT2D eigenvalue weighted by Crippen LogP contribution is 2.17. The molecular formula is C20H24N4O. The first-order chi connectivity index (χ1) is 12.3. The van der Waals surface area contributed by atoms with E-state index in [0.29, 0.717) is 6.61 Å². The number of piperidine rings is 1. The van der Waals surface area contributed by atoms with E-state index in [0.717, 1.165) is 48.8 Å². The van der Waals surface area contributed by atoms with E-state index in [2.05, 4.69) is 20.5 Å². The van der Waals surface area contributed by atoms with Crippen LogP contribution < -0.4 is 0 Å². The van der Waals surface area contributed by atoms with Gasteiger partial charge < -0.3 is 9.14 Å². The van der Waals surface area contributed by atoms with Gasteiger partial charge in [0, 0.05) is 31.2 Å². The molecule has 130 valence electrons. The summed E-state index contributed by atoms with van der Waals surface area (Å²) in [5, 5.41) is 0. The molecule has 1 fully saturated rings. The fourth-order valence-corrected chi connectivity index (χ4v) is 3.47. The second-order valence-corrected chi connectivity index (χ2v) is 6.78. The van der Waals surface area contributed by atoms with Gasteiger partial charge in [0.1, 0.15) is 5.65 Å². The molecule has 1 saturated heterocycles. The first-order valence-electron chi connectivity index (χ1n) is 8.95. The van der Waals surface area contributed by atoms with E-state index in [1.54, 1.807) is 0 Å². The predicted octanol–water partition coefficient (Wildman–Crippen LogP) is 3.22. The number of imidazole rings is 1. The highest BCUT2D eigenvalue weighted by atomic mass is 16.5. The quantitative estimate of drug-likeness (QED) is 0.717. The molecule has 0 radical (unpaired) electrons. The largest absolute Gasteiger partial charge is 0.371 e. The number of likely N-dealkylation sites (tertiary alicyclic amines) is 1. The Morgan fingerprint density at radius 1 is 1.12 bits per heavy atom. The number of aromatic nitrogens is 3. The van der Waals surface area contributed by atoms with Gasteiger partial charge in [-0.05, 0) is 50.6 Å². The Morgan fingerprint density at radius 2 is 2.08 bits per heavy atom. The second kappa shape index (κ2) is 7.33. The van der Waals surface area contributed by atoms with Crippen LogP contribution in [-0.4, -0.2) is 38.5 Å². The summed E-state index contributed by atoms with van der Waals surface area (Å²) in [6.45, 7) is 5.55. The molecule has 1 aliphatic rings. The smallest absolute Gasteiger partial charge is 0.137 e. The number of ether oxygens (including phenoxy) is 1. The minimum atomic E-state index is 0.271. The topological polar surface area (TPSA) is 42.7 Å². The molecule has 5 heteroatoms. The first-order valence-corrected chi connectivity index (χ1v) is 8.95. The van der Waals surface area contributed by atoms with Crippen LogP contribution in [0.5, 0.6) is 0 Å². The Labute approximate surface area is 148 Å². The Balaban J connectivity index is 1.34. The predicted molar refractivity (Wildman–Crippen MR) is 97.3 cm³/mol. The summed E-state index contributed by atoms with van der Waals surface area (Å²) in [7, 11) is 0. The zero-order valence-electron chi connectivity index (χ0n) is 14.6. The number of pyridine rings is 2. The van der Waals surface area contributed by atoms with E-state index >= 15 is 0 Å². The minimum absolute atomic E-state index is 0.271. The van der Waals surface area contributed by atoms with Crippen LogP contribution in [-0.2, 0) is 17.9 Å². The van der Waals surface area contributed by atoms with Crippen LogP contribution in [0.1, 0.15) is 29.9 Å². The normalized spacial score (nSPS) is 18.7. The summed E-state index contributed by atoms with van der Waals surface area (Å²) in [6.07, 6.45) is 6.72. The maximum absolute atomic E-state index is 6.12. The highest BCUT2D eigenvalue weighted by Gasteiger charge is 2.21. The molecule has 3 aromatic heterocycles. The second-order valence-electron chi connectivity index (χ2n) is 6.78. The third-order valence-corrected chi connectivity index (χ3v) is 4.67. The van der Waals surface area contributed by atoms with Gasteiger partial charge in [0.25, 0.3) is 0 Å². The molecule has 4 heterocycles. The van der Waals surface area contributed by atoms with Crippen molar-refractivity contribution in [3.63, 3.8) is 0 Å². The Kier molecular flexibility index (Phi) is 4.76. The van der Waals surface area contributed by atoms with Crippen LogP contribution in [0.3, 0.4) is 0 Å². The van der Waals surface area contributed by atoms with Crippen molar-refractivity contribution in [3.05, 3.63) is 65.9 Å². The monoisotopic (exact) mass is 336 g/mol. The average molecular weight is 336 g/mol.